The lowest BCUT2D eigenvalue weighted by atomic mass is 9.80. The fourth-order valence-electron chi connectivity index (χ4n) is 5.46. The summed E-state index contributed by atoms with van der Waals surface area (Å²) < 4.78 is 0. The average Bonchev–Trinajstić information content (AvgIpc) is 3.24. The number of nitrogens with one attached hydrogen (secondary N) is 3. The molecule has 1 aliphatic heterocycles. The Morgan fingerprint density at radius 3 is 2.24 bits per heavy atom. The maximum Gasteiger partial charge on any atom is 0.246 e. The van der Waals surface area contributed by atoms with Crippen molar-refractivity contribution in [3.63, 3.8) is 0 Å². The lowest BCUT2D eigenvalue weighted by molar-refractivity contribution is -0.153. The SMILES string of the molecule is CNC(=O)[C@@H]1Cc2ccccc2[C@@H]1NC(=O)C1C(c2ccccc2)CN1C(=O)[C@@H](NC(=O)[C@H](C)N)C(C)C. The predicted molar refractivity (Wildman–Crippen MR) is 144 cm³/mol. The van der Waals surface area contributed by atoms with Crippen molar-refractivity contribution < 1.29 is 19.2 Å². The molecule has 2 aromatic carbocycles. The number of nitrogens with zero attached hydrogens (tertiary/aromatic N) is 1. The van der Waals surface area contributed by atoms with Crippen molar-refractivity contribution in [2.75, 3.05) is 13.6 Å². The van der Waals surface area contributed by atoms with Gasteiger partial charge < -0.3 is 26.6 Å². The Bertz CT molecular complexity index is 1200. The van der Waals surface area contributed by atoms with Crippen LogP contribution in [0.4, 0.5) is 0 Å². The fourth-order valence-corrected chi connectivity index (χ4v) is 5.46. The Morgan fingerprint density at radius 1 is 0.947 bits per heavy atom. The summed E-state index contributed by atoms with van der Waals surface area (Å²) >= 11 is 0. The number of hydrogen-bond acceptors (Lipinski definition) is 5. The molecule has 9 heteroatoms. The van der Waals surface area contributed by atoms with E-state index in [1.54, 1.807) is 14.0 Å². The monoisotopic (exact) mass is 519 g/mol. The van der Waals surface area contributed by atoms with Crippen molar-refractivity contribution in [1.82, 2.24) is 20.9 Å². The van der Waals surface area contributed by atoms with E-state index in [4.69, 9.17) is 5.73 Å². The number of amides is 4. The Labute approximate surface area is 223 Å². The molecule has 1 aliphatic carbocycles. The van der Waals surface area contributed by atoms with Gasteiger partial charge in [-0.3, -0.25) is 19.2 Å². The van der Waals surface area contributed by atoms with Gasteiger partial charge in [-0.15, -0.1) is 0 Å². The molecule has 2 aromatic rings. The standard InChI is InChI=1S/C29H37N5O4/c1-16(2)23(32-26(35)17(3)30)29(38)34-15-22(18-10-6-5-7-11-18)25(34)28(37)33-24-20-13-9-8-12-19(20)14-21(24)27(36)31-4/h5-13,16-17,21-25H,14-15,30H2,1-4H3,(H,31,36)(H,32,35)(H,33,37)/t17-,21+,22?,23-,24-,25?/m0/s1. The van der Waals surface area contributed by atoms with Crippen molar-refractivity contribution in [3.8, 4) is 0 Å². The van der Waals surface area contributed by atoms with Crippen molar-refractivity contribution in [3.05, 3.63) is 71.3 Å². The molecule has 2 aliphatic rings. The minimum Gasteiger partial charge on any atom is -0.359 e. The molecule has 1 heterocycles. The number of benzene rings is 2. The van der Waals surface area contributed by atoms with Gasteiger partial charge in [-0.25, -0.2) is 0 Å². The van der Waals surface area contributed by atoms with E-state index in [9.17, 15) is 19.2 Å². The van der Waals surface area contributed by atoms with Crippen LogP contribution >= 0.6 is 0 Å². The van der Waals surface area contributed by atoms with Gasteiger partial charge in [0.2, 0.25) is 23.6 Å². The smallest absolute Gasteiger partial charge is 0.246 e. The Morgan fingerprint density at radius 2 is 1.61 bits per heavy atom. The maximum absolute atomic E-state index is 13.9. The summed E-state index contributed by atoms with van der Waals surface area (Å²) in [4.78, 5) is 54.2. The van der Waals surface area contributed by atoms with E-state index in [1.807, 2.05) is 68.4 Å². The Hall–Kier alpha value is -3.72. The van der Waals surface area contributed by atoms with Crippen LogP contribution < -0.4 is 21.7 Å². The van der Waals surface area contributed by atoms with Crippen molar-refractivity contribution in [2.24, 2.45) is 17.6 Å². The van der Waals surface area contributed by atoms with E-state index < -0.39 is 36.0 Å². The second-order valence-corrected chi connectivity index (χ2v) is 10.6. The van der Waals surface area contributed by atoms with Gasteiger partial charge in [-0.1, -0.05) is 68.4 Å². The molecule has 1 saturated heterocycles. The van der Waals surface area contributed by atoms with Crippen LogP contribution in [0.25, 0.3) is 0 Å². The number of carbonyl (C=O) groups excluding carboxylic acids is 4. The van der Waals surface area contributed by atoms with Crippen LogP contribution in [0.3, 0.4) is 0 Å². The van der Waals surface area contributed by atoms with Crippen molar-refractivity contribution in [1.29, 1.82) is 0 Å². The number of rotatable bonds is 8. The number of likely N-dealkylation sites (tertiary alicyclic amines) is 1. The van der Waals surface area contributed by atoms with Gasteiger partial charge in [0, 0.05) is 19.5 Å². The molecular weight excluding hydrogens is 482 g/mol. The molecule has 6 atom stereocenters. The lowest BCUT2D eigenvalue weighted by Gasteiger charge is -2.49. The predicted octanol–water partition coefficient (Wildman–Crippen LogP) is 1.24. The first-order chi connectivity index (χ1) is 18.1. The van der Waals surface area contributed by atoms with Crippen LogP contribution in [0.2, 0.25) is 0 Å². The molecule has 0 aromatic heterocycles. The number of nitrogens with two attached hydrogens (primary N) is 1. The number of carbonyl (C=O) groups is 4. The van der Waals surface area contributed by atoms with Crippen LogP contribution in [0.15, 0.2) is 54.6 Å². The van der Waals surface area contributed by atoms with Crippen LogP contribution in [-0.2, 0) is 25.6 Å². The zero-order valence-corrected chi connectivity index (χ0v) is 22.3. The molecule has 0 saturated carbocycles. The zero-order chi connectivity index (χ0) is 27.6. The third-order valence-corrected chi connectivity index (χ3v) is 7.65. The minimum absolute atomic E-state index is 0.147. The second kappa shape index (κ2) is 11.3. The summed E-state index contributed by atoms with van der Waals surface area (Å²) in [6.07, 6.45) is 0.523. The molecule has 5 N–H and O–H groups in total. The van der Waals surface area contributed by atoms with Gasteiger partial charge in [0.1, 0.15) is 12.1 Å². The molecule has 4 amide bonds. The van der Waals surface area contributed by atoms with Crippen LogP contribution in [0.1, 0.15) is 49.4 Å². The average molecular weight is 520 g/mol. The quantitative estimate of drug-likeness (QED) is 0.417. The first kappa shape index (κ1) is 27.3. The van der Waals surface area contributed by atoms with Gasteiger partial charge in [0.15, 0.2) is 0 Å². The Balaban J connectivity index is 1.63. The summed E-state index contributed by atoms with van der Waals surface area (Å²) in [6, 6.07) is 14.5. The highest BCUT2D eigenvalue weighted by atomic mass is 16.2. The van der Waals surface area contributed by atoms with E-state index in [1.165, 1.54) is 4.90 Å². The highest BCUT2D eigenvalue weighted by molar-refractivity contribution is 5.95. The molecular formula is C29H37N5O4. The van der Waals surface area contributed by atoms with E-state index in [0.29, 0.717) is 13.0 Å². The summed E-state index contributed by atoms with van der Waals surface area (Å²) in [5, 5.41) is 8.58. The largest absolute Gasteiger partial charge is 0.359 e. The van der Waals surface area contributed by atoms with Crippen LogP contribution in [0, 0.1) is 11.8 Å². The van der Waals surface area contributed by atoms with Gasteiger partial charge in [0.25, 0.3) is 0 Å². The number of hydrogen-bond donors (Lipinski definition) is 4. The normalized spacial score (nSPS) is 23.6. The Kier molecular flexibility index (Phi) is 8.16. The molecule has 38 heavy (non-hydrogen) atoms. The molecule has 9 nitrogen and oxygen atoms in total. The molecule has 2 unspecified atom stereocenters. The molecule has 0 spiro atoms. The van der Waals surface area contributed by atoms with Crippen LogP contribution in [0.5, 0.6) is 0 Å². The topological polar surface area (TPSA) is 134 Å². The maximum atomic E-state index is 13.9. The van der Waals surface area contributed by atoms with E-state index in [-0.39, 0.29) is 29.6 Å². The van der Waals surface area contributed by atoms with Gasteiger partial charge in [-0.2, -0.15) is 0 Å². The first-order valence-electron chi connectivity index (χ1n) is 13.1. The van der Waals surface area contributed by atoms with E-state index in [2.05, 4.69) is 16.0 Å². The molecule has 202 valence electrons. The second-order valence-electron chi connectivity index (χ2n) is 10.6. The van der Waals surface area contributed by atoms with Crippen molar-refractivity contribution >= 4 is 23.6 Å². The summed E-state index contributed by atoms with van der Waals surface area (Å²) in [6.45, 7) is 5.59. The lowest BCUT2D eigenvalue weighted by Crippen LogP contribution is -2.67. The highest BCUT2D eigenvalue weighted by Gasteiger charge is 2.50. The summed E-state index contributed by atoms with van der Waals surface area (Å²) in [5.74, 6) is -2.09. The van der Waals surface area contributed by atoms with Gasteiger partial charge in [-0.05, 0) is 36.0 Å². The van der Waals surface area contributed by atoms with Crippen molar-refractivity contribution in [2.45, 2.75) is 57.3 Å². The highest BCUT2D eigenvalue weighted by Crippen LogP contribution is 2.39. The summed E-state index contributed by atoms with van der Waals surface area (Å²) in [5.41, 5.74) is 8.61. The fraction of sp³-hybridized carbons (Fsp3) is 0.448. The third kappa shape index (κ3) is 5.29. The molecule has 4 rings (SSSR count). The van der Waals surface area contributed by atoms with E-state index >= 15 is 0 Å². The first-order valence-corrected chi connectivity index (χ1v) is 13.1. The molecule has 1 fully saturated rings. The third-order valence-electron chi connectivity index (χ3n) is 7.65. The molecule has 0 bridgehead atoms. The van der Waals surface area contributed by atoms with E-state index in [0.717, 1.165) is 16.7 Å². The molecule has 0 radical (unpaired) electrons. The zero-order valence-electron chi connectivity index (χ0n) is 22.3. The van der Waals surface area contributed by atoms with Crippen LogP contribution in [-0.4, -0.2) is 60.2 Å². The minimum atomic E-state index is -0.814. The van der Waals surface area contributed by atoms with Gasteiger partial charge >= 0.3 is 0 Å². The summed E-state index contributed by atoms with van der Waals surface area (Å²) in [7, 11) is 1.59. The van der Waals surface area contributed by atoms with Gasteiger partial charge in [0.05, 0.1) is 18.0 Å². The number of fused-ring (bicyclic) bond motifs is 1.